The van der Waals surface area contributed by atoms with Crippen molar-refractivity contribution in [2.45, 2.75) is 19.4 Å². The molecule has 1 aromatic heterocycles. The fourth-order valence-electron chi connectivity index (χ4n) is 1.55. The van der Waals surface area contributed by atoms with E-state index in [4.69, 9.17) is 10.3 Å². The quantitative estimate of drug-likeness (QED) is 0.255. The summed E-state index contributed by atoms with van der Waals surface area (Å²) in [6, 6.07) is 3.04. The summed E-state index contributed by atoms with van der Waals surface area (Å²) in [7, 11) is 0. The highest BCUT2D eigenvalue weighted by molar-refractivity contribution is 5.77. The summed E-state index contributed by atoms with van der Waals surface area (Å²) in [5.41, 5.74) is 8.92. The van der Waals surface area contributed by atoms with Crippen molar-refractivity contribution in [2.24, 2.45) is 5.11 Å². The zero-order valence-corrected chi connectivity index (χ0v) is 10.8. The molecule has 102 valence electrons. The van der Waals surface area contributed by atoms with Gasteiger partial charge < -0.3 is 10.1 Å². The molecule has 1 aromatic rings. The molecule has 0 aliphatic heterocycles. The second kappa shape index (κ2) is 8.91. The normalized spacial score (nSPS) is 11.4. The number of esters is 1. The predicted molar refractivity (Wildman–Crippen MR) is 70.2 cm³/mol. The maximum atomic E-state index is 11.9. The number of nitrogens with zero attached hydrogens (tertiary/aromatic N) is 4. The number of carbonyl (C=O) groups is 1. The van der Waals surface area contributed by atoms with E-state index in [0.717, 1.165) is 5.56 Å². The molecule has 0 saturated carbocycles. The molecule has 7 nitrogen and oxygen atoms in total. The predicted octanol–water partition coefficient (Wildman–Crippen LogP) is 1.98. The van der Waals surface area contributed by atoms with Crippen molar-refractivity contribution in [1.82, 2.24) is 10.3 Å². The van der Waals surface area contributed by atoms with Crippen molar-refractivity contribution < 1.29 is 9.53 Å². The van der Waals surface area contributed by atoms with Gasteiger partial charge in [0.2, 0.25) is 0 Å². The van der Waals surface area contributed by atoms with E-state index in [1.54, 1.807) is 25.4 Å². The maximum absolute atomic E-state index is 11.9. The lowest BCUT2D eigenvalue weighted by molar-refractivity contribution is -0.145. The van der Waals surface area contributed by atoms with Crippen molar-refractivity contribution in [1.29, 1.82) is 0 Å². The summed E-state index contributed by atoms with van der Waals surface area (Å²) in [6.07, 6.45) is 3.93. The first-order chi connectivity index (χ1) is 9.29. The Balaban J connectivity index is 2.60. The zero-order valence-electron chi connectivity index (χ0n) is 10.8. The molecule has 0 spiro atoms. The van der Waals surface area contributed by atoms with Gasteiger partial charge in [0.25, 0.3) is 0 Å². The van der Waals surface area contributed by atoms with E-state index in [0.29, 0.717) is 26.1 Å². The van der Waals surface area contributed by atoms with Gasteiger partial charge in [-0.2, -0.15) is 0 Å². The van der Waals surface area contributed by atoms with Gasteiger partial charge >= 0.3 is 5.97 Å². The number of aromatic nitrogens is 1. The van der Waals surface area contributed by atoms with Gasteiger partial charge in [-0.25, -0.2) is 4.79 Å². The van der Waals surface area contributed by atoms with Crippen LogP contribution >= 0.6 is 0 Å². The van der Waals surface area contributed by atoms with E-state index in [2.05, 4.69) is 20.3 Å². The second-order valence-electron chi connectivity index (χ2n) is 3.73. The number of hydrogen-bond donors (Lipinski definition) is 1. The van der Waals surface area contributed by atoms with E-state index in [1.807, 2.05) is 6.07 Å². The van der Waals surface area contributed by atoms with Gasteiger partial charge in [0, 0.05) is 23.9 Å². The Labute approximate surface area is 111 Å². The molecule has 0 aromatic carbocycles. The van der Waals surface area contributed by atoms with E-state index in [1.165, 1.54) is 0 Å². The molecular formula is C12H17N5O2. The zero-order chi connectivity index (χ0) is 13.9. The lowest BCUT2D eigenvalue weighted by Crippen LogP contribution is -2.31. The Morgan fingerprint density at radius 1 is 1.68 bits per heavy atom. The number of carbonyl (C=O) groups excluding carboxylic acids is 1. The molecule has 1 unspecified atom stereocenters. The third kappa shape index (κ3) is 5.37. The average molecular weight is 263 g/mol. The van der Waals surface area contributed by atoms with Crippen LogP contribution in [0.4, 0.5) is 0 Å². The molecule has 1 rings (SSSR count). The smallest absolute Gasteiger partial charge is 0.327 e. The summed E-state index contributed by atoms with van der Waals surface area (Å²) >= 11 is 0. The first-order valence-electron chi connectivity index (χ1n) is 6.10. The van der Waals surface area contributed by atoms with Crippen LogP contribution in [-0.2, 0) is 9.53 Å². The summed E-state index contributed by atoms with van der Waals surface area (Å²) < 4.78 is 5.03. The molecule has 1 heterocycles. The molecule has 0 bridgehead atoms. The Hall–Kier alpha value is -2.11. The minimum absolute atomic E-state index is 0.329. The average Bonchev–Trinajstić information content (AvgIpc) is 2.44. The molecule has 1 N–H and O–H groups in total. The third-order valence-corrected chi connectivity index (χ3v) is 2.39. The molecule has 0 saturated heterocycles. The molecule has 0 aliphatic rings. The Morgan fingerprint density at radius 2 is 2.53 bits per heavy atom. The highest BCUT2D eigenvalue weighted by atomic mass is 16.5. The number of azide groups is 1. The largest absolute Gasteiger partial charge is 0.465 e. The molecule has 7 heteroatoms. The number of ether oxygens (including phenoxy) is 1. The molecule has 1 atom stereocenters. The highest BCUT2D eigenvalue weighted by Crippen LogP contribution is 2.13. The topological polar surface area (TPSA) is 100.0 Å². The van der Waals surface area contributed by atoms with Gasteiger partial charge in [0.1, 0.15) is 6.04 Å². The first kappa shape index (κ1) is 14.9. The number of hydrogen-bond acceptors (Lipinski definition) is 5. The van der Waals surface area contributed by atoms with Crippen molar-refractivity contribution in [2.75, 3.05) is 19.7 Å². The van der Waals surface area contributed by atoms with Crippen LogP contribution in [0, 0.1) is 0 Å². The van der Waals surface area contributed by atoms with Crippen LogP contribution in [-0.4, -0.2) is 30.6 Å². The van der Waals surface area contributed by atoms with Gasteiger partial charge in [0.15, 0.2) is 0 Å². The highest BCUT2D eigenvalue weighted by Gasteiger charge is 2.20. The SMILES string of the molecule is CCOC(=O)C(NCCCN=[N+]=[N-])c1cccnc1. The van der Waals surface area contributed by atoms with Crippen molar-refractivity contribution in [3.8, 4) is 0 Å². The minimum Gasteiger partial charge on any atom is -0.465 e. The van der Waals surface area contributed by atoms with Gasteiger partial charge in [-0.05, 0) is 37.1 Å². The van der Waals surface area contributed by atoms with Crippen LogP contribution in [0.25, 0.3) is 10.4 Å². The van der Waals surface area contributed by atoms with Gasteiger partial charge in [0.05, 0.1) is 6.61 Å². The molecule has 19 heavy (non-hydrogen) atoms. The van der Waals surface area contributed by atoms with Gasteiger partial charge in [-0.3, -0.25) is 4.98 Å². The van der Waals surface area contributed by atoms with E-state index in [9.17, 15) is 4.79 Å². The summed E-state index contributed by atoms with van der Waals surface area (Å²) in [5.74, 6) is -0.334. The van der Waals surface area contributed by atoms with E-state index in [-0.39, 0.29) is 5.97 Å². The van der Waals surface area contributed by atoms with Crippen molar-refractivity contribution in [3.05, 3.63) is 40.5 Å². The minimum atomic E-state index is -0.542. The lowest BCUT2D eigenvalue weighted by atomic mass is 10.1. The van der Waals surface area contributed by atoms with Gasteiger partial charge in [-0.15, -0.1) is 0 Å². The molecule has 0 aliphatic carbocycles. The van der Waals surface area contributed by atoms with Crippen molar-refractivity contribution in [3.63, 3.8) is 0 Å². The second-order valence-corrected chi connectivity index (χ2v) is 3.73. The first-order valence-corrected chi connectivity index (χ1v) is 6.10. The Morgan fingerprint density at radius 3 is 3.16 bits per heavy atom. The third-order valence-electron chi connectivity index (χ3n) is 2.39. The molecule has 0 radical (unpaired) electrons. The Bertz CT molecular complexity index is 431. The van der Waals surface area contributed by atoms with Gasteiger partial charge in [-0.1, -0.05) is 11.2 Å². The van der Waals surface area contributed by atoms with Crippen LogP contribution in [0.5, 0.6) is 0 Å². The van der Waals surface area contributed by atoms with E-state index < -0.39 is 6.04 Å². The summed E-state index contributed by atoms with van der Waals surface area (Å²) in [6.45, 7) is 3.04. The number of rotatable bonds is 8. The maximum Gasteiger partial charge on any atom is 0.327 e. The monoisotopic (exact) mass is 263 g/mol. The van der Waals surface area contributed by atoms with Crippen LogP contribution in [0.2, 0.25) is 0 Å². The molecular weight excluding hydrogens is 246 g/mol. The molecule has 0 amide bonds. The lowest BCUT2D eigenvalue weighted by Gasteiger charge is -2.16. The van der Waals surface area contributed by atoms with Crippen LogP contribution in [0.1, 0.15) is 24.9 Å². The van der Waals surface area contributed by atoms with Crippen LogP contribution in [0.3, 0.4) is 0 Å². The van der Waals surface area contributed by atoms with Crippen LogP contribution in [0.15, 0.2) is 29.6 Å². The van der Waals surface area contributed by atoms with Crippen molar-refractivity contribution >= 4 is 5.97 Å². The summed E-state index contributed by atoms with van der Waals surface area (Å²) in [5, 5.41) is 6.52. The van der Waals surface area contributed by atoms with Crippen LogP contribution < -0.4 is 5.32 Å². The number of nitrogens with one attached hydrogen (secondary N) is 1. The fraction of sp³-hybridized carbons (Fsp3) is 0.500. The van der Waals surface area contributed by atoms with E-state index >= 15 is 0 Å². The summed E-state index contributed by atoms with van der Waals surface area (Å²) in [4.78, 5) is 18.5. The Kier molecular flexibility index (Phi) is 7.01. The standard InChI is InChI=1S/C12H17N5O2/c1-2-19-12(18)11(10-5-3-6-14-9-10)15-7-4-8-16-17-13/h3,5-6,9,11,15H,2,4,7-8H2,1H3. The molecule has 0 fully saturated rings. The number of pyridine rings is 1. The fourth-order valence-corrected chi connectivity index (χ4v) is 1.55.